The largest absolute Gasteiger partial charge is 0.496 e. The Bertz CT molecular complexity index is 692. The summed E-state index contributed by atoms with van der Waals surface area (Å²) >= 11 is 0. The van der Waals surface area contributed by atoms with Crippen LogP contribution in [0, 0.1) is 0 Å². The normalized spacial score (nSPS) is 10.8. The van der Waals surface area contributed by atoms with Crippen LogP contribution in [0.2, 0.25) is 0 Å². The van der Waals surface area contributed by atoms with Gasteiger partial charge in [0.25, 0.3) is 5.89 Å². The first-order valence-electron chi connectivity index (χ1n) is 8.31. The Morgan fingerprint density at radius 1 is 1.27 bits per heavy atom. The van der Waals surface area contributed by atoms with Gasteiger partial charge in [0, 0.05) is 32.0 Å². The van der Waals surface area contributed by atoms with Crippen LogP contribution in [-0.2, 0) is 9.53 Å². The molecule has 142 valence electrons. The topological polar surface area (TPSA) is 102 Å². The van der Waals surface area contributed by atoms with Crippen LogP contribution in [0.5, 0.6) is 5.75 Å². The predicted molar refractivity (Wildman–Crippen MR) is 98.5 cm³/mol. The minimum atomic E-state index is 0.346. The fraction of sp³-hybridized carbons (Fsp3) is 0.471. The first-order chi connectivity index (χ1) is 12.7. The predicted octanol–water partition coefficient (Wildman–Crippen LogP) is 1.69. The van der Waals surface area contributed by atoms with E-state index < -0.39 is 0 Å². The number of aromatic nitrogens is 2. The van der Waals surface area contributed by atoms with E-state index in [-0.39, 0.29) is 0 Å². The molecule has 0 aliphatic heterocycles. The van der Waals surface area contributed by atoms with Gasteiger partial charge in [0.15, 0.2) is 0 Å². The second kappa shape index (κ2) is 10.4. The van der Waals surface area contributed by atoms with E-state index in [1.54, 1.807) is 32.4 Å². The molecule has 0 fully saturated rings. The number of hydrogen-bond donors (Lipinski definition) is 2. The number of likely N-dealkylation sites (N-methyl/N-ethyl adjacent to an activating group) is 1. The third-order valence-electron chi connectivity index (χ3n) is 3.75. The number of anilines is 2. The lowest BCUT2D eigenvalue weighted by Gasteiger charge is -2.15. The fourth-order valence-corrected chi connectivity index (χ4v) is 2.33. The number of hydrogen-bond acceptors (Lipinski definition) is 8. The van der Waals surface area contributed by atoms with Crippen molar-refractivity contribution in [1.82, 2.24) is 15.1 Å². The van der Waals surface area contributed by atoms with Crippen molar-refractivity contribution in [3.05, 3.63) is 18.2 Å². The van der Waals surface area contributed by atoms with Crippen molar-refractivity contribution in [3.63, 3.8) is 0 Å². The molecule has 0 aliphatic carbocycles. The van der Waals surface area contributed by atoms with Crippen LogP contribution < -0.4 is 15.4 Å². The summed E-state index contributed by atoms with van der Waals surface area (Å²) in [5.41, 5.74) is 1.28. The third-order valence-corrected chi connectivity index (χ3v) is 3.75. The number of rotatable bonds is 12. The van der Waals surface area contributed by atoms with E-state index in [9.17, 15) is 4.79 Å². The quantitative estimate of drug-likeness (QED) is 0.434. The van der Waals surface area contributed by atoms with Gasteiger partial charge in [0.1, 0.15) is 5.75 Å². The Kier molecular flexibility index (Phi) is 7.84. The van der Waals surface area contributed by atoms with E-state index in [0.717, 1.165) is 32.7 Å². The van der Waals surface area contributed by atoms with Crippen molar-refractivity contribution in [2.45, 2.75) is 6.42 Å². The lowest BCUT2D eigenvalue weighted by molar-refractivity contribution is -0.105. The summed E-state index contributed by atoms with van der Waals surface area (Å²) in [6, 6.07) is 5.54. The third kappa shape index (κ3) is 5.71. The van der Waals surface area contributed by atoms with Gasteiger partial charge in [-0.2, -0.15) is 0 Å². The minimum absolute atomic E-state index is 0.346. The summed E-state index contributed by atoms with van der Waals surface area (Å²) in [5.74, 6) is 0.881. The van der Waals surface area contributed by atoms with Crippen LogP contribution in [0.1, 0.15) is 6.42 Å². The van der Waals surface area contributed by atoms with Gasteiger partial charge in [0.2, 0.25) is 6.41 Å². The zero-order valence-corrected chi connectivity index (χ0v) is 15.3. The highest BCUT2D eigenvalue weighted by atomic mass is 16.5. The Hall–Kier alpha value is -2.65. The summed E-state index contributed by atoms with van der Waals surface area (Å²) in [6.45, 7) is 3.28. The molecule has 1 aromatic carbocycles. The van der Waals surface area contributed by atoms with Gasteiger partial charge in [-0.25, -0.2) is 0 Å². The van der Waals surface area contributed by atoms with E-state index in [2.05, 4.69) is 32.8 Å². The molecule has 1 amide bonds. The molecule has 2 rings (SSSR count). The molecule has 0 radical (unpaired) electrons. The summed E-state index contributed by atoms with van der Waals surface area (Å²) in [4.78, 5) is 12.7. The van der Waals surface area contributed by atoms with Crippen molar-refractivity contribution in [3.8, 4) is 17.2 Å². The van der Waals surface area contributed by atoms with Crippen molar-refractivity contribution in [1.29, 1.82) is 0 Å². The lowest BCUT2D eigenvalue weighted by Crippen LogP contribution is -2.25. The highest BCUT2D eigenvalue weighted by Crippen LogP contribution is 2.32. The van der Waals surface area contributed by atoms with Crippen LogP contribution in [0.4, 0.5) is 11.7 Å². The van der Waals surface area contributed by atoms with Gasteiger partial charge in [-0.1, -0.05) is 5.10 Å². The molecule has 2 N–H and O–H groups in total. The van der Waals surface area contributed by atoms with E-state index in [1.165, 1.54) is 0 Å². The highest BCUT2D eigenvalue weighted by molar-refractivity contribution is 5.75. The van der Waals surface area contributed by atoms with Crippen molar-refractivity contribution >= 4 is 18.1 Å². The Labute approximate surface area is 152 Å². The Balaban J connectivity index is 1.90. The molecular formula is C17H25N5O4. The number of carbonyl (C=O) groups is 1. The van der Waals surface area contributed by atoms with Crippen LogP contribution in [0.25, 0.3) is 11.5 Å². The maximum absolute atomic E-state index is 10.5. The van der Waals surface area contributed by atoms with Crippen LogP contribution in [0.3, 0.4) is 0 Å². The van der Waals surface area contributed by atoms with Gasteiger partial charge < -0.3 is 29.4 Å². The number of nitrogens with one attached hydrogen (secondary N) is 2. The number of amides is 1. The van der Waals surface area contributed by atoms with Crippen molar-refractivity contribution in [2.75, 3.05) is 58.1 Å². The van der Waals surface area contributed by atoms with Crippen LogP contribution in [-0.4, -0.2) is 69.0 Å². The van der Waals surface area contributed by atoms with Gasteiger partial charge >= 0.3 is 6.01 Å². The van der Waals surface area contributed by atoms with Crippen molar-refractivity contribution in [2.24, 2.45) is 0 Å². The van der Waals surface area contributed by atoms with Crippen LogP contribution in [0.15, 0.2) is 22.6 Å². The minimum Gasteiger partial charge on any atom is -0.496 e. The number of benzene rings is 1. The number of carbonyl (C=O) groups excluding carboxylic acids is 1. The number of nitrogens with zero attached hydrogens (tertiary/aromatic N) is 3. The van der Waals surface area contributed by atoms with E-state index in [1.807, 2.05) is 0 Å². The zero-order valence-electron chi connectivity index (χ0n) is 15.3. The first kappa shape index (κ1) is 19.7. The summed E-state index contributed by atoms with van der Waals surface area (Å²) in [5, 5.41) is 13.7. The Morgan fingerprint density at radius 3 is 2.85 bits per heavy atom. The van der Waals surface area contributed by atoms with Gasteiger partial charge in [0.05, 0.1) is 19.3 Å². The smallest absolute Gasteiger partial charge is 0.315 e. The maximum atomic E-state index is 10.5. The number of methoxy groups -OCH3 is 2. The van der Waals surface area contributed by atoms with Crippen molar-refractivity contribution < 1.29 is 18.7 Å². The van der Waals surface area contributed by atoms with E-state index in [0.29, 0.717) is 35.3 Å². The SMILES string of the molecule is COCCN(C)CCCNc1nnc(-c2ccc(NC=O)cc2OC)o1. The van der Waals surface area contributed by atoms with E-state index >= 15 is 0 Å². The Morgan fingerprint density at radius 2 is 2.12 bits per heavy atom. The molecule has 26 heavy (non-hydrogen) atoms. The summed E-state index contributed by atoms with van der Waals surface area (Å²) in [7, 11) is 5.29. The molecule has 0 atom stereocenters. The lowest BCUT2D eigenvalue weighted by atomic mass is 10.2. The second-order valence-corrected chi connectivity index (χ2v) is 5.67. The highest BCUT2D eigenvalue weighted by Gasteiger charge is 2.14. The molecule has 0 unspecified atom stereocenters. The molecule has 1 aromatic heterocycles. The maximum Gasteiger partial charge on any atom is 0.315 e. The van der Waals surface area contributed by atoms with E-state index in [4.69, 9.17) is 13.9 Å². The molecule has 9 nitrogen and oxygen atoms in total. The summed E-state index contributed by atoms with van der Waals surface area (Å²) in [6.07, 6.45) is 1.54. The molecule has 1 heterocycles. The second-order valence-electron chi connectivity index (χ2n) is 5.67. The van der Waals surface area contributed by atoms with Gasteiger partial charge in [-0.15, -0.1) is 5.10 Å². The average molecular weight is 363 g/mol. The molecule has 0 spiro atoms. The standard InChI is InChI=1S/C17H25N5O4/c1-22(9-10-24-2)8-4-7-18-17-21-20-16(26-17)14-6-5-13(19-12-23)11-15(14)25-3/h5-6,11-12H,4,7-10H2,1-3H3,(H,18,21)(H,19,23). The molecule has 2 aromatic rings. The van der Waals surface area contributed by atoms with Crippen LogP contribution >= 0.6 is 0 Å². The molecule has 9 heteroatoms. The molecule has 0 saturated heterocycles. The fourth-order valence-electron chi connectivity index (χ4n) is 2.33. The molecule has 0 saturated carbocycles. The van der Waals surface area contributed by atoms with Gasteiger partial charge in [-0.3, -0.25) is 4.79 Å². The monoisotopic (exact) mass is 363 g/mol. The summed E-state index contributed by atoms with van der Waals surface area (Å²) < 4.78 is 16.0. The number of ether oxygens (including phenoxy) is 2. The molecule has 0 bridgehead atoms. The molecular weight excluding hydrogens is 338 g/mol. The zero-order chi connectivity index (χ0) is 18.8. The first-order valence-corrected chi connectivity index (χ1v) is 8.31. The molecule has 0 aliphatic rings. The van der Waals surface area contributed by atoms with Gasteiger partial charge in [-0.05, 0) is 32.1 Å². The average Bonchev–Trinajstić information content (AvgIpc) is 3.12.